The molecule has 4 rings (SSSR count). The number of likely N-dealkylation sites (tertiary alicyclic amines) is 1. The van der Waals surface area contributed by atoms with Gasteiger partial charge in [-0.25, -0.2) is 0 Å². The van der Waals surface area contributed by atoms with Crippen molar-refractivity contribution in [3.63, 3.8) is 0 Å². The Balaban J connectivity index is 1.49. The van der Waals surface area contributed by atoms with E-state index in [4.69, 9.17) is 0 Å². The van der Waals surface area contributed by atoms with E-state index >= 15 is 0 Å². The Morgan fingerprint density at radius 3 is 2.56 bits per heavy atom. The van der Waals surface area contributed by atoms with Crippen molar-refractivity contribution >= 4 is 11.8 Å². The van der Waals surface area contributed by atoms with Gasteiger partial charge in [-0.3, -0.25) is 14.6 Å². The molecule has 2 amide bonds. The number of carbonyl (C=O) groups excluding carboxylic acids is 2. The summed E-state index contributed by atoms with van der Waals surface area (Å²) >= 11 is 0. The van der Waals surface area contributed by atoms with Gasteiger partial charge in [-0.15, -0.1) is 0 Å². The maximum Gasteiger partial charge on any atom is 0.227 e. The van der Waals surface area contributed by atoms with Crippen molar-refractivity contribution < 1.29 is 9.59 Å². The molecule has 1 aliphatic rings. The minimum atomic E-state index is -0.215. The molecule has 1 aliphatic heterocycles. The standard InChI is InChI=1S/C27H29N3O2/c1-20-7-5-11-23(15-20)25-13-12-24(27(32)29-18-22-10-6-14-28-17-22)19-30(25)26(31)16-21-8-3-2-4-9-21/h2-11,14-15,17,24-25H,12-13,16,18-19H2,1H3,(H,29,32)/t24-,25+/m1/s1. The summed E-state index contributed by atoms with van der Waals surface area (Å²) in [5.41, 5.74) is 4.27. The lowest BCUT2D eigenvalue weighted by atomic mass is 9.87. The lowest BCUT2D eigenvalue weighted by molar-refractivity contribution is -0.138. The molecular formula is C27H29N3O2. The van der Waals surface area contributed by atoms with E-state index in [9.17, 15) is 9.59 Å². The summed E-state index contributed by atoms with van der Waals surface area (Å²) in [5.74, 6) is -0.158. The second-order valence-electron chi connectivity index (χ2n) is 8.49. The van der Waals surface area contributed by atoms with Gasteiger partial charge < -0.3 is 10.2 Å². The molecule has 5 heteroatoms. The number of nitrogens with one attached hydrogen (secondary N) is 1. The third-order valence-electron chi connectivity index (χ3n) is 6.09. The van der Waals surface area contributed by atoms with E-state index in [1.807, 2.05) is 53.4 Å². The van der Waals surface area contributed by atoms with E-state index in [0.717, 1.165) is 29.5 Å². The first-order chi connectivity index (χ1) is 15.6. The van der Waals surface area contributed by atoms with Crippen LogP contribution in [0.4, 0.5) is 0 Å². The number of hydrogen-bond donors (Lipinski definition) is 1. The van der Waals surface area contributed by atoms with Crippen LogP contribution >= 0.6 is 0 Å². The summed E-state index contributed by atoms with van der Waals surface area (Å²) < 4.78 is 0. The largest absolute Gasteiger partial charge is 0.352 e. The van der Waals surface area contributed by atoms with Crippen molar-refractivity contribution in [2.24, 2.45) is 5.92 Å². The van der Waals surface area contributed by atoms with Crippen LogP contribution in [0.25, 0.3) is 0 Å². The summed E-state index contributed by atoms with van der Waals surface area (Å²) in [5, 5.41) is 3.02. The first-order valence-electron chi connectivity index (χ1n) is 11.2. The van der Waals surface area contributed by atoms with E-state index in [1.54, 1.807) is 12.4 Å². The van der Waals surface area contributed by atoms with E-state index in [-0.39, 0.29) is 23.8 Å². The van der Waals surface area contributed by atoms with Gasteiger partial charge in [0.1, 0.15) is 0 Å². The van der Waals surface area contributed by atoms with Crippen molar-refractivity contribution in [1.82, 2.24) is 15.2 Å². The Morgan fingerprint density at radius 2 is 1.81 bits per heavy atom. The Labute approximate surface area is 189 Å². The lowest BCUT2D eigenvalue weighted by Crippen LogP contribution is -2.47. The predicted octanol–water partition coefficient (Wildman–Crippen LogP) is 4.23. The van der Waals surface area contributed by atoms with Crippen molar-refractivity contribution in [3.05, 3.63) is 101 Å². The van der Waals surface area contributed by atoms with Gasteiger partial charge in [0.05, 0.1) is 18.4 Å². The number of nitrogens with zero attached hydrogens (tertiary/aromatic N) is 2. The zero-order chi connectivity index (χ0) is 22.3. The Morgan fingerprint density at radius 1 is 1.00 bits per heavy atom. The third kappa shape index (κ3) is 5.41. The minimum Gasteiger partial charge on any atom is -0.352 e. The second-order valence-corrected chi connectivity index (χ2v) is 8.49. The molecule has 0 radical (unpaired) electrons. The molecule has 5 nitrogen and oxygen atoms in total. The molecule has 0 bridgehead atoms. The number of amides is 2. The number of aromatic nitrogens is 1. The minimum absolute atomic E-state index is 0.00550. The fourth-order valence-corrected chi connectivity index (χ4v) is 4.39. The van der Waals surface area contributed by atoms with E-state index in [2.05, 4.69) is 35.4 Å². The van der Waals surface area contributed by atoms with Crippen molar-refractivity contribution in [3.8, 4) is 0 Å². The molecule has 2 aromatic carbocycles. The fourth-order valence-electron chi connectivity index (χ4n) is 4.39. The number of rotatable bonds is 6. The zero-order valence-corrected chi connectivity index (χ0v) is 18.4. The number of piperidine rings is 1. The van der Waals surface area contributed by atoms with Crippen LogP contribution in [0.5, 0.6) is 0 Å². The van der Waals surface area contributed by atoms with Crippen LogP contribution in [0, 0.1) is 12.8 Å². The highest BCUT2D eigenvalue weighted by Gasteiger charge is 2.35. The van der Waals surface area contributed by atoms with Gasteiger partial charge in [-0.05, 0) is 42.5 Å². The molecule has 0 aliphatic carbocycles. The molecular weight excluding hydrogens is 398 g/mol. The van der Waals surface area contributed by atoms with E-state index in [0.29, 0.717) is 19.5 Å². The third-order valence-corrected chi connectivity index (χ3v) is 6.09. The normalized spacial score (nSPS) is 18.2. The highest BCUT2D eigenvalue weighted by Crippen LogP contribution is 2.34. The van der Waals surface area contributed by atoms with Crippen molar-refractivity contribution in [2.75, 3.05) is 6.54 Å². The van der Waals surface area contributed by atoms with Gasteiger partial charge in [0, 0.05) is 25.5 Å². The van der Waals surface area contributed by atoms with Crippen LogP contribution < -0.4 is 5.32 Å². The number of aryl methyl sites for hydroxylation is 1. The molecule has 2 heterocycles. The summed E-state index contributed by atoms with van der Waals surface area (Å²) in [4.78, 5) is 32.3. The quantitative estimate of drug-likeness (QED) is 0.640. The molecule has 2 atom stereocenters. The average molecular weight is 428 g/mol. The SMILES string of the molecule is Cc1cccc([C@@H]2CC[C@@H](C(=O)NCc3cccnc3)CN2C(=O)Cc2ccccc2)c1. The highest BCUT2D eigenvalue weighted by molar-refractivity contribution is 5.82. The van der Waals surface area contributed by atoms with Gasteiger partial charge in [-0.2, -0.15) is 0 Å². The molecule has 1 fully saturated rings. The van der Waals surface area contributed by atoms with Gasteiger partial charge in [0.15, 0.2) is 0 Å². The van der Waals surface area contributed by atoms with Crippen LogP contribution in [-0.2, 0) is 22.6 Å². The molecule has 0 unspecified atom stereocenters. The number of carbonyl (C=O) groups is 2. The summed E-state index contributed by atoms with van der Waals surface area (Å²) in [6.07, 6.45) is 5.34. The summed E-state index contributed by atoms with van der Waals surface area (Å²) in [7, 11) is 0. The van der Waals surface area contributed by atoms with Gasteiger partial charge in [-0.1, -0.05) is 66.2 Å². The molecule has 1 saturated heterocycles. The summed E-state index contributed by atoms with van der Waals surface area (Å²) in [6.45, 7) is 2.95. The summed E-state index contributed by atoms with van der Waals surface area (Å²) in [6, 6.07) is 21.9. The van der Waals surface area contributed by atoms with Crippen LogP contribution in [-0.4, -0.2) is 28.2 Å². The lowest BCUT2D eigenvalue weighted by Gasteiger charge is -2.39. The Bertz CT molecular complexity index is 1050. The van der Waals surface area contributed by atoms with Gasteiger partial charge in [0.2, 0.25) is 11.8 Å². The average Bonchev–Trinajstić information content (AvgIpc) is 2.83. The number of benzene rings is 2. The molecule has 1 N–H and O–H groups in total. The molecule has 0 saturated carbocycles. The fraction of sp³-hybridized carbons (Fsp3) is 0.296. The second kappa shape index (κ2) is 10.2. The van der Waals surface area contributed by atoms with Crippen LogP contribution in [0.3, 0.4) is 0 Å². The van der Waals surface area contributed by atoms with Gasteiger partial charge >= 0.3 is 0 Å². The van der Waals surface area contributed by atoms with Crippen LogP contribution in [0.2, 0.25) is 0 Å². The maximum absolute atomic E-state index is 13.4. The highest BCUT2D eigenvalue weighted by atomic mass is 16.2. The van der Waals surface area contributed by atoms with Gasteiger partial charge in [0.25, 0.3) is 0 Å². The van der Waals surface area contributed by atoms with Crippen LogP contribution in [0.15, 0.2) is 79.1 Å². The molecule has 1 aromatic heterocycles. The Hall–Kier alpha value is -3.47. The Kier molecular flexibility index (Phi) is 6.95. The predicted molar refractivity (Wildman–Crippen MR) is 125 cm³/mol. The van der Waals surface area contributed by atoms with Crippen LogP contribution in [0.1, 0.15) is 41.1 Å². The first-order valence-corrected chi connectivity index (χ1v) is 11.2. The molecule has 3 aromatic rings. The molecule has 164 valence electrons. The number of hydrogen-bond acceptors (Lipinski definition) is 3. The maximum atomic E-state index is 13.4. The van der Waals surface area contributed by atoms with E-state index < -0.39 is 0 Å². The zero-order valence-electron chi connectivity index (χ0n) is 18.4. The monoisotopic (exact) mass is 427 g/mol. The topological polar surface area (TPSA) is 62.3 Å². The van der Waals surface area contributed by atoms with Crippen molar-refractivity contribution in [1.29, 1.82) is 0 Å². The van der Waals surface area contributed by atoms with Crippen molar-refractivity contribution in [2.45, 2.75) is 38.8 Å². The molecule has 32 heavy (non-hydrogen) atoms. The van der Waals surface area contributed by atoms with E-state index in [1.165, 1.54) is 5.56 Å². The smallest absolute Gasteiger partial charge is 0.227 e. The first kappa shape index (κ1) is 21.8. The number of pyridine rings is 1. The molecule has 0 spiro atoms.